The minimum absolute atomic E-state index is 0.163. The molecule has 6 heteroatoms. The van der Waals surface area contributed by atoms with Gasteiger partial charge in [-0.05, 0) is 42.7 Å². The van der Waals surface area contributed by atoms with Crippen molar-refractivity contribution < 1.29 is 13.9 Å². The normalized spacial score (nSPS) is 16.8. The Morgan fingerprint density at radius 3 is 2.75 bits per heavy atom. The van der Waals surface area contributed by atoms with Gasteiger partial charge < -0.3 is 15.4 Å². The Balaban J connectivity index is 1.47. The molecule has 0 bridgehead atoms. The fraction of sp³-hybridized carbons (Fsp3) is 0.333. The van der Waals surface area contributed by atoms with E-state index in [0.717, 1.165) is 37.4 Å². The molecule has 1 saturated heterocycles. The molecule has 5 nitrogen and oxygen atoms in total. The van der Waals surface area contributed by atoms with Crippen LogP contribution in [0, 0.1) is 5.82 Å². The Morgan fingerprint density at radius 2 is 2.08 bits per heavy atom. The molecule has 1 aliphatic rings. The van der Waals surface area contributed by atoms with E-state index in [2.05, 4.69) is 15.6 Å². The van der Waals surface area contributed by atoms with Crippen LogP contribution >= 0.6 is 0 Å². The van der Waals surface area contributed by atoms with Crippen molar-refractivity contribution in [3.8, 4) is 0 Å². The summed E-state index contributed by atoms with van der Waals surface area (Å²) in [6, 6.07) is 9.52. The van der Waals surface area contributed by atoms with Crippen LogP contribution in [-0.4, -0.2) is 30.1 Å². The zero-order valence-corrected chi connectivity index (χ0v) is 13.3. The van der Waals surface area contributed by atoms with Crippen molar-refractivity contribution in [2.24, 2.45) is 0 Å². The minimum Gasteiger partial charge on any atom is -0.376 e. The first-order valence-corrected chi connectivity index (χ1v) is 8.05. The van der Waals surface area contributed by atoms with Crippen molar-refractivity contribution in [2.45, 2.75) is 25.4 Å². The van der Waals surface area contributed by atoms with Gasteiger partial charge in [0.05, 0.1) is 24.4 Å². The van der Waals surface area contributed by atoms with Crippen LogP contribution in [-0.2, 0) is 16.0 Å². The molecule has 0 aliphatic carbocycles. The van der Waals surface area contributed by atoms with Gasteiger partial charge in [-0.1, -0.05) is 12.1 Å². The number of hydrogen-bond donors (Lipinski definition) is 2. The van der Waals surface area contributed by atoms with Crippen molar-refractivity contribution in [3.05, 3.63) is 54.0 Å². The van der Waals surface area contributed by atoms with E-state index in [-0.39, 0.29) is 24.2 Å². The molecule has 1 amide bonds. The average molecular weight is 329 g/mol. The molecule has 0 saturated carbocycles. The number of rotatable bonds is 6. The molecule has 0 spiro atoms. The molecule has 1 atom stereocenters. The van der Waals surface area contributed by atoms with Crippen molar-refractivity contribution in [3.63, 3.8) is 0 Å². The lowest BCUT2D eigenvalue weighted by atomic mass is 10.1. The Labute approximate surface area is 140 Å². The average Bonchev–Trinajstić information content (AvgIpc) is 3.10. The molecule has 1 aromatic heterocycles. The lowest BCUT2D eigenvalue weighted by Gasteiger charge is -2.11. The van der Waals surface area contributed by atoms with Crippen LogP contribution in [0.3, 0.4) is 0 Å². The van der Waals surface area contributed by atoms with E-state index in [9.17, 15) is 9.18 Å². The summed E-state index contributed by atoms with van der Waals surface area (Å²) in [4.78, 5) is 16.3. The maximum Gasteiger partial charge on any atom is 0.228 e. The van der Waals surface area contributed by atoms with Crippen LogP contribution in [0.4, 0.5) is 15.9 Å². The topological polar surface area (TPSA) is 63.2 Å². The molecule has 2 N–H and O–H groups in total. The second-order valence-corrected chi connectivity index (χ2v) is 5.80. The highest BCUT2D eigenvalue weighted by Crippen LogP contribution is 2.14. The number of nitrogens with zero attached hydrogens (tertiary/aromatic N) is 1. The van der Waals surface area contributed by atoms with E-state index in [1.807, 2.05) is 6.07 Å². The van der Waals surface area contributed by atoms with Gasteiger partial charge in [0, 0.05) is 13.2 Å². The van der Waals surface area contributed by atoms with E-state index < -0.39 is 0 Å². The summed E-state index contributed by atoms with van der Waals surface area (Å²) in [5.41, 5.74) is 1.39. The van der Waals surface area contributed by atoms with Crippen molar-refractivity contribution in [2.75, 3.05) is 23.8 Å². The second-order valence-electron chi connectivity index (χ2n) is 5.80. The molecule has 1 aliphatic heterocycles. The van der Waals surface area contributed by atoms with E-state index in [1.165, 1.54) is 12.1 Å². The molecule has 1 unspecified atom stereocenters. The zero-order valence-electron chi connectivity index (χ0n) is 13.3. The summed E-state index contributed by atoms with van der Waals surface area (Å²) in [5.74, 6) is 0.278. The number of carbonyl (C=O) groups excluding carboxylic acids is 1. The first kappa shape index (κ1) is 16.4. The van der Waals surface area contributed by atoms with E-state index in [4.69, 9.17) is 4.74 Å². The smallest absolute Gasteiger partial charge is 0.228 e. The number of ether oxygens (including phenoxy) is 1. The first-order valence-electron chi connectivity index (χ1n) is 8.05. The fourth-order valence-corrected chi connectivity index (χ4v) is 2.59. The van der Waals surface area contributed by atoms with E-state index in [1.54, 1.807) is 24.4 Å². The highest BCUT2D eigenvalue weighted by Gasteiger charge is 2.14. The number of amides is 1. The molecule has 24 heavy (non-hydrogen) atoms. The van der Waals surface area contributed by atoms with Gasteiger partial charge in [-0.25, -0.2) is 9.37 Å². The number of hydrogen-bond acceptors (Lipinski definition) is 4. The number of aromatic nitrogens is 1. The summed E-state index contributed by atoms with van der Waals surface area (Å²) in [7, 11) is 0. The molecule has 126 valence electrons. The number of nitrogens with one attached hydrogen (secondary N) is 2. The molecule has 2 aromatic rings. The van der Waals surface area contributed by atoms with Crippen LogP contribution in [0.25, 0.3) is 0 Å². The largest absolute Gasteiger partial charge is 0.376 e. The van der Waals surface area contributed by atoms with Crippen molar-refractivity contribution in [1.82, 2.24) is 4.98 Å². The second kappa shape index (κ2) is 7.88. The third-order valence-corrected chi connectivity index (χ3v) is 3.86. The Hall–Kier alpha value is -2.47. The maximum absolute atomic E-state index is 12.8. The van der Waals surface area contributed by atoms with Crippen LogP contribution in [0.2, 0.25) is 0 Å². The molecule has 1 aromatic carbocycles. The zero-order chi connectivity index (χ0) is 16.8. The van der Waals surface area contributed by atoms with Crippen LogP contribution in [0.1, 0.15) is 18.4 Å². The number of anilines is 2. The van der Waals surface area contributed by atoms with E-state index >= 15 is 0 Å². The van der Waals surface area contributed by atoms with Crippen molar-refractivity contribution >= 4 is 17.4 Å². The summed E-state index contributed by atoms with van der Waals surface area (Å²) >= 11 is 0. The first-order chi connectivity index (χ1) is 11.7. The van der Waals surface area contributed by atoms with Gasteiger partial charge in [-0.2, -0.15) is 0 Å². The van der Waals surface area contributed by atoms with Crippen LogP contribution < -0.4 is 10.6 Å². The molecular weight excluding hydrogens is 309 g/mol. The summed E-state index contributed by atoms with van der Waals surface area (Å²) in [6.07, 6.45) is 4.24. The molecular formula is C18H20FN3O2. The molecule has 1 fully saturated rings. The van der Waals surface area contributed by atoms with Crippen molar-refractivity contribution in [1.29, 1.82) is 0 Å². The lowest BCUT2D eigenvalue weighted by Crippen LogP contribution is -2.19. The monoisotopic (exact) mass is 329 g/mol. The molecule has 0 radical (unpaired) electrons. The Bertz CT molecular complexity index is 668. The maximum atomic E-state index is 12.8. The van der Waals surface area contributed by atoms with Gasteiger partial charge in [0.25, 0.3) is 0 Å². The van der Waals surface area contributed by atoms with Crippen LogP contribution in [0.5, 0.6) is 0 Å². The van der Waals surface area contributed by atoms with Gasteiger partial charge in [0.1, 0.15) is 11.6 Å². The molecule has 3 rings (SSSR count). The van der Waals surface area contributed by atoms with E-state index in [0.29, 0.717) is 5.69 Å². The molecule has 2 heterocycles. The Morgan fingerprint density at radius 1 is 1.25 bits per heavy atom. The summed E-state index contributed by atoms with van der Waals surface area (Å²) in [6.45, 7) is 1.57. The highest BCUT2D eigenvalue weighted by atomic mass is 19.1. The fourth-order valence-electron chi connectivity index (χ4n) is 2.59. The van der Waals surface area contributed by atoms with Gasteiger partial charge >= 0.3 is 0 Å². The number of halogens is 1. The lowest BCUT2D eigenvalue weighted by molar-refractivity contribution is -0.115. The quantitative estimate of drug-likeness (QED) is 0.855. The van der Waals surface area contributed by atoms with Gasteiger partial charge in [0.15, 0.2) is 0 Å². The standard InChI is InChI=1S/C18H20FN3O2/c19-14-5-3-13(4-6-14)10-18(23)22-15-7-8-17(20-11-15)21-12-16-2-1-9-24-16/h3-8,11,16H,1-2,9-10,12H2,(H,20,21)(H,22,23). The number of pyridine rings is 1. The van der Waals surface area contributed by atoms with Gasteiger partial charge in [-0.15, -0.1) is 0 Å². The number of carbonyl (C=O) groups is 1. The third-order valence-electron chi connectivity index (χ3n) is 3.86. The summed E-state index contributed by atoms with van der Waals surface area (Å²) in [5, 5.41) is 6.01. The van der Waals surface area contributed by atoms with Gasteiger partial charge in [-0.3, -0.25) is 4.79 Å². The van der Waals surface area contributed by atoms with Gasteiger partial charge in [0.2, 0.25) is 5.91 Å². The summed E-state index contributed by atoms with van der Waals surface area (Å²) < 4.78 is 18.4. The minimum atomic E-state index is -0.311. The number of benzene rings is 1. The Kier molecular flexibility index (Phi) is 5.38. The predicted octanol–water partition coefficient (Wildman–Crippen LogP) is 2.99. The SMILES string of the molecule is O=C(Cc1ccc(F)cc1)Nc1ccc(NCC2CCCO2)nc1. The third kappa shape index (κ3) is 4.76. The predicted molar refractivity (Wildman–Crippen MR) is 90.4 cm³/mol. The highest BCUT2D eigenvalue weighted by molar-refractivity contribution is 5.92. The van der Waals surface area contributed by atoms with Crippen LogP contribution in [0.15, 0.2) is 42.6 Å².